The monoisotopic (exact) mass is 468 g/mol. The Hall–Kier alpha value is -2.60. The molecular formula is C23H17IO3. The van der Waals surface area contributed by atoms with E-state index in [1.54, 1.807) is 0 Å². The van der Waals surface area contributed by atoms with E-state index in [9.17, 15) is 4.79 Å². The molecule has 3 aromatic carbocycles. The van der Waals surface area contributed by atoms with Crippen LogP contribution in [-0.2, 0) is 9.53 Å². The summed E-state index contributed by atoms with van der Waals surface area (Å²) in [6.07, 6.45) is 1.86. The number of rotatable bonds is 4. The summed E-state index contributed by atoms with van der Waals surface area (Å²) in [6.45, 7) is 2.14. The summed E-state index contributed by atoms with van der Waals surface area (Å²) in [5.74, 6) is -0.338. The Balaban J connectivity index is 1.95. The van der Waals surface area contributed by atoms with Gasteiger partial charge in [-0.15, -0.1) is 0 Å². The highest BCUT2D eigenvalue weighted by atomic mass is 127. The van der Waals surface area contributed by atoms with Crippen LogP contribution in [0.25, 0.3) is 33.6 Å². The van der Waals surface area contributed by atoms with Gasteiger partial charge < -0.3 is 9.15 Å². The zero-order valence-electron chi connectivity index (χ0n) is 14.7. The normalized spacial score (nSPS) is 11.9. The number of esters is 1. The lowest BCUT2D eigenvalue weighted by Crippen LogP contribution is -2.08. The second kappa shape index (κ2) is 7.56. The van der Waals surface area contributed by atoms with Crippen molar-refractivity contribution in [1.29, 1.82) is 0 Å². The minimum atomic E-state index is -0.338. The lowest BCUT2D eigenvalue weighted by molar-refractivity contribution is -0.136. The van der Waals surface area contributed by atoms with E-state index in [2.05, 4.69) is 22.6 Å². The molecule has 0 saturated heterocycles. The van der Waals surface area contributed by atoms with Crippen LogP contribution in [0.5, 0.6) is 0 Å². The van der Waals surface area contributed by atoms with Crippen molar-refractivity contribution in [1.82, 2.24) is 0 Å². The van der Waals surface area contributed by atoms with Gasteiger partial charge >= 0.3 is 5.97 Å². The predicted molar refractivity (Wildman–Crippen MR) is 117 cm³/mol. The Bertz CT molecular complexity index is 1170. The van der Waals surface area contributed by atoms with E-state index in [0.717, 1.165) is 36.6 Å². The summed E-state index contributed by atoms with van der Waals surface area (Å²) in [5.41, 5.74) is 3.83. The largest absolute Gasteiger partial charge is 0.462 e. The molecule has 0 amide bonds. The number of benzene rings is 3. The highest BCUT2D eigenvalue weighted by molar-refractivity contribution is 14.1. The molecule has 134 valence electrons. The molecule has 0 spiro atoms. The second-order valence-electron chi connectivity index (χ2n) is 6.08. The van der Waals surface area contributed by atoms with Crippen molar-refractivity contribution in [3.63, 3.8) is 0 Å². The number of furan rings is 1. The summed E-state index contributed by atoms with van der Waals surface area (Å²) in [6, 6.07) is 21.7. The maximum Gasteiger partial charge on any atom is 0.338 e. The van der Waals surface area contributed by atoms with Crippen LogP contribution in [0.4, 0.5) is 0 Å². The molecule has 0 atom stereocenters. The second-order valence-corrected chi connectivity index (χ2v) is 7.24. The van der Waals surface area contributed by atoms with Crippen LogP contribution in [0.3, 0.4) is 0 Å². The molecule has 1 heterocycles. The minimum Gasteiger partial charge on any atom is -0.462 e. The van der Waals surface area contributed by atoms with E-state index in [0.29, 0.717) is 12.2 Å². The first-order chi connectivity index (χ1) is 13.2. The number of para-hydroxylation sites is 2. The summed E-state index contributed by atoms with van der Waals surface area (Å²) < 4.78 is 12.4. The number of halogens is 1. The maximum absolute atomic E-state index is 12.7. The van der Waals surface area contributed by atoms with Gasteiger partial charge in [0, 0.05) is 25.5 Å². The standard InChI is InChI=1S/C23H17IO3/c1-2-26-23(25)19(16-9-3-5-12-20(16)24)14-15-8-7-11-18-17-10-4-6-13-21(17)27-22(15)18/h3-14H,2H2,1H3/b19-14-. The Morgan fingerprint density at radius 2 is 1.74 bits per heavy atom. The van der Waals surface area contributed by atoms with Crippen LogP contribution < -0.4 is 0 Å². The summed E-state index contributed by atoms with van der Waals surface area (Å²) in [5, 5.41) is 2.10. The van der Waals surface area contributed by atoms with Crippen LogP contribution in [0.2, 0.25) is 0 Å². The molecule has 4 aromatic rings. The number of hydrogen-bond donors (Lipinski definition) is 0. The third-order valence-corrected chi connectivity index (χ3v) is 5.33. The Labute approximate surface area is 170 Å². The fourth-order valence-electron chi connectivity index (χ4n) is 3.17. The zero-order valence-corrected chi connectivity index (χ0v) is 16.9. The first-order valence-electron chi connectivity index (χ1n) is 8.73. The quantitative estimate of drug-likeness (QED) is 0.153. The lowest BCUT2D eigenvalue weighted by Gasteiger charge is -2.09. The first kappa shape index (κ1) is 17.8. The molecule has 1 aromatic heterocycles. The van der Waals surface area contributed by atoms with Crippen molar-refractivity contribution >= 4 is 62.1 Å². The molecule has 0 N–H and O–H groups in total. The molecule has 0 radical (unpaired) electrons. The maximum atomic E-state index is 12.7. The van der Waals surface area contributed by atoms with Gasteiger partial charge in [0.15, 0.2) is 0 Å². The number of hydrogen-bond acceptors (Lipinski definition) is 3. The van der Waals surface area contributed by atoms with Gasteiger partial charge in [-0.3, -0.25) is 0 Å². The third-order valence-electron chi connectivity index (χ3n) is 4.39. The topological polar surface area (TPSA) is 39.4 Å². The van der Waals surface area contributed by atoms with Crippen molar-refractivity contribution in [2.75, 3.05) is 6.61 Å². The molecule has 0 aliphatic rings. The van der Waals surface area contributed by atoms with Crippen LogP contribution in [0.1, 0.15) is 18.1 Å². The third kappa shape index (κ3) is 3.37. The van der Waals surface area contributed by atoms with Crippen LogP contribution in [0.15, 0.2) is 71.1 Å². The molecule has 0 aliphatic carbocycles. The van der Waals surface area contributed by atoms with Gasteiger partial charge in [0.25, 0.3) is 0 Å². The predicted octanol–water partition coefficient (Wildman–Crippen LogP) is 6.29. The highest BCUT2D eigenvalue weighted by Gasteiger charge is 2.17. The molecule has 4 heteroatoms. The van der Waals surface area contributed by atoms with Crippen molar-refractivity contribution in [3.05, 3.63) is 81.4 Å². The smallest absolute Gasteiger partial charge is 0.338 e. The average Bonchev–Trinajstić information content (AvgIpc) is 3.06. The van der Waals surface area contributed by atoms with E-state index >= 15 is 0 Å². The molecule has 0 unspecified atom stereocenters. The van der Waals surface area contributed by atoms with Gasteiger partial charge in [0.2, 0.25) is 0 Å². The van der Waals surface area contributed by atoms with E-state index < -0.39 is 0 Å². The summed E-state index contributed by atoms with van der Waals surface area (Å²) in [4.78, 5) is 12.7. The zero-order chi connectivity index (χ0) is 18.8. The van der Waals surface area contributed by atoms with E-state index in [1.165, 1.54) is 0 Å². The van der Waals surface area contributed by atoms with Crippen molar-refractivity contribution in [2.45, 2.75) is 6.92 Å². The van der Waals surface area contributed by atoms with E-state index in [1.807, 2.05) is 79.7 Å². The van der Waals surface area contributed by atoms with E-state index in [-0.39, 0.29) is 5.97 Å². The van der Waals surface area contributed by atoms with Crippen LogP contribution in [-0.4, -0.2) is 12.6 Å². The molecule has 0 bridgehead atoms. The van der Waals surface area contributed by atoms with Crippen molar-refractivity contribution in [2.24, 2.45) is 0 Å². The molecule has 3 nitrogen and oxygen atoms in total. The Morgan fingerprint density at radius 1 is 1.00 bits per heavy atom. The molecule has 27 heavy (non-hydrogen) atoms. The molecule has 0 saturated carbocycles. The molecule has 0 fully saturated rings. The fourth-order valence-corrected chi connectivity index (χ4v) is 3.85. The number of carbonyl (C=O) groups excluding carboxylic acids is 1. The average molecular weight is 468 g/mol. The van der Waals surface area contributed by atoms with Crippen LogP contribution in [0, 0.1) is 3.57 Å². The number of ether oxygens (including phenoxy) is 1. The lowest BCUT2D eigenvalue weighted by atomic mass is 10.0. The number of fused-ring (bicyclic) bond motifs is 3. The Morgan fingerprint density at radius 3 is 2.56 bits per heavy atom. The fraction of sp³-hybridized carbons (Fsp3) is 0.0870. The van der Waals surface area contributed by atoms with Gasteiger partial charge in [-0.1, -0.05) is 54.6 Å². The first-order valence-corrected chi connectivity index (χ1v) is 9.81. The van der Waals surface area contributed by atoms with E-state index in [4.69, 9.17) is 9.15 Å². The SMILES string of the molecule is CCOC(=O)/C(=C\c1cccc2c1oc1ccccc12)c1ccccc1I. The minimum absolute atomic E-state index is 0.328. The molecule has 4 rings (SSSR count). The summed E-state index contributed by atoms with van der Waals surface area (Å²) >= 11 is 2.24. The molecule has 0 aliphatic heterocycles. The van der Waals surface area contributed by atoms with Crippen molar-refractivity contribution < 1.29 is 13.9 Å². The number of carbonyl (C=O) groups is 1. The van der Waals surface area contributed by atoms with Gasteiger partial charge in [-0.25, -0.2) is 4.79 Å². The van der Waals surface area contributed by atoms with Crippen molar-refractivity contribution in [3.8, 4) is 0 Å². The Kier molecular flexibility index (Phi) is 4.99. The van der Waals surface area contributed by atoms with Gasteiger partial charge in [-0.2, -0.15) is 0 Å². The van der Waals surface area contributed by atoms with Gasteiger partial charge in [-0.05, 0) is 47.7 Å². The van der Waals surface area contributed by atoms with Gasteiger partial charge in [0.05, 0.1) is 12.2 Å². The van der Waals surface area contributed by atoms with Crippen LogP contribution >= 0.6 is 22.6 Å². The highest BCUT2D eigenvalue weighted by Crippen LogP contribution is 2.33. The molecular weight excluding hydrogens is 451 g/mol. The van der Waals surface area contributed by atoms with Gasteiger partial charge in [0.1, 0.15) is 11.2 Å². The summed E-state index contributed by atoms with van der Waals surface area (Å²) in [7, 11) is 0.